The molecule has 0 radical (unpaired) electrons. The summed E-state index contributed by atoms with van der Waals surface area (Å²) in [6.07, 6.45) is 3.53. The number of piperidine rings is 1. The van der Waals surface area contributed by atoms with E-state index in [4.69, 9.17) is 0 Å². The van der Waals surface area contributed by atoms with Gasteiger partial charge in [-0.25, -0.2) is 4.98 Å². The molecule has 0 unspecified atom stereocenters. The topological polar surface area (TPSA) is 45.2 Å². The van der Waals surface area contributed by atoms with Crippen LogP contribution in [0.15, 0.2) is 5.38 Å². The largest absolute Gasteiger partial charge is 0.337 e. The smallest absolute Gasteiger partial charge is 0.273 e. The first-order chi connectivity index (χ1) is 9.60. The average Bonchev–Trinajstić information content (AvgIpc) is 3.08. The minimum absolute atomic E-state index is 0.119. The molecule has 1 aromatic rings. The van der Waals surface area contributed by atoms with Crippen molar-refractivity contribution in [2.24, 2.45) is 5.41 Å². The second-order valence-electron chi connectivity index (χ2n) is 6.44. The highest BCUT2D eigenvalue weighted by atomic mass is 32.1. The molecule has 3 rings (SSSR count). The van der Waals surface area contributed by atoms with E-state index in [9.17, 15) is 4.79 Å². The first-order valence-electron chi connectivity index (χ1n) is 7.55. The van der Waals surface area contributed by atoms with Crippen molar-refractivity contribution in [2.75, 3.05) is 26.2 Å². The zero-order valence-electron chi connectivity index (χ0n) is 12.3. The van der Waals surface area contributed by atoms with E-state index in [0.29, 0.717) is 17.0 Å². The third-order valence-electron chi connectivity index (χ3n) is 4.68. The van der Waals surface area contributed by atoms with Gasteiger partial charge in [-0.2, -0.15) is 0 Å². The van der Waals surface area contributed by atoms with Gasteiger partial charge in [0.05, 0.1) is 5.01 Å². The summed E-state index contributed by atoms with van der Waals surface area (Å²) >= 11 is 1.60. The molecule has 0 bridgehead atoms. The van der Waals surface area contributed by atoms with Crippen molar-refractivity contribution >= 4 is 17.2 Å². The lowest BCUT2D eigenvalue weighted by atomic mass is 9.78. The van der Waals surface area contributed by atoms with E-state index in [2.05, 4.69) is 24.1 Å². The molecule has 20 heavy (non-hydrogen) atoms. The van der Waals surface area contributed by atoms with E-state index >= 15 is 0 Å². The van der Waals surface area contributed by atoms with E-state index in [1.54, 1.807) is 11.3 Å². The van der Waals surface area contributed by atoms with Gasteiger partial charge in [-0.15, -0.1) is 11.3 Å². The molecule has 5 heteroatoms. The fraction of sp³-hybridized carbons (Fsp3) is 0.733. The molecule has 110 valence electrons. The number of nitrogens with zero attached hydrogens (tertiary/aromatic N) is 2. The Hall–Kier alpha value is -0.940. The first-order valence-corrected chi connectivity index (χ1v) is 8.43. The molecule has 1 spiro atoms. The Bertz CT molecular complexity index is 481. The predicted octanol–water partition coefficient (Wildman–Crippen LogP) is 2.48. The zero-order chi connectivity index (χ0) is 14.2. The van der Waals surface area contributed by atoms with Crippen molar-refractivity contribution < 1.29 is 4.79 Å². The Kier molecular flexibility index (Phi) is 3.82. The minimum atomic E-state index is 0.119. The van der Waals surface area contributed by atoms with Gasteiger partial charge in [-0.1, -0.05) is 13.8 Å². The number of likely N-dealkylation sites (tertiary alicyclic amines) is 1. The van der Waals surface area contributed by atoms with Crippen LogP contribution in [-0.2, 0) is 0 Å². The summed E-state index contributed by atoms with van der Waals surface area (Å²) in [5, 5.41) is 6.43. The van der Waals surface area contributed by atoms with Crippen molar-refractivity contribution in [3.63, 3.8) is 0 Å². The molecule has 0 aromatic carbocycles. The zero-order valence-corrected chi connectivity index (χ0v) is 13.1. The van der Waals surface area contributed by atoms with Crippen LogP contribution in [0.25, 0.3) is 0 Å². The number of carbonyl (C=O) groups excluding carboxylic acids is 1. The number of aromatic nitrogens is 1. The van der Waals surface area contributed by atoms with Crippen LogP contribution >= 0.6 is 11.3 Å². The molecule has 1 N–H and O–H groups in total. The lowest BCUT2D eigenvalue weighted by molar-refractivity contribution is 0.0602. The van der Waals surface area contributed by atoms with Crippen LogP contribution in [0.3, 0.4) is 0 Å². The maximum absolute atomic E-state index is 12.5. The number of amides is 1. The Labute approximate surface area is 124 Å². The number of hydrogen-bond donors (Lipinski definition) is 1. The second kappa shape index (κ2) is 5.45. The summed E-state index contributed by atoms with van der Waals surface area (Å²) in [6, 6.07) is 0. The number of nitrogens with one attached hydrogen (secondary N) is 1. The van der Waals surface area contributed by atoms with Crippen LogP contribution in [0.1, 0.15) is 54.5 Å². The quantitative estimate of drug-likeness (QED) is 0.911. The van der Waals surface area contributed by atoms with Crippen LogP contribution < -0.4 is 5.32 Å². The monoisotopic (exact) mass is 293 g/mol. The standard InChI is InChI=1S/C15H23N3OS/c1-11(2)13-17-12(9-20-13)14(19)18-7-4-15(5-8-18)3-6-16-10-15/h9,11,16H,3-8,10H2,1-2H3. The fourth-order valence-electron chi connectivity index (χ4n) is 3.22. The van der Waals surface area contributed by atoms with E-state index in [1.807, 2.05) is 10.3 Å². The molecule has 2 aliphatic heterocycles. The number of rotatable bonds is 2. The Morgan fingerprint density at radius 1 is 1.40 bits per heavy atom. The highest BCUT2D eigenvalue weighted by molar-refractivity contribution is 7.09. The molecule has 2 aliphatic rings. The van der Waals surface area contributed by atoms with Gasteiger partial charge in [0.15, 0.2) is 0 Å². The van der Waals surface area contributed by atoms with E-state index in [-0.39, 0.29) is 5.91 Å². The van der Waals surface area contributed by atoms with Crippen LogP contribution in [-0.4, -0.2) is 42.0 Å². The molecule has 1 amide bonds. The fourth-order valence-corrected chi connectivity index (χ4v) is 4.03. The van der Waals surface area contributed by atoms with Gasteiger partial charge in [0.2, 0.25) is 0 Å². The van der Waals surface area contributed by atoms with Gasteiger partial charge < -0.3 is 10.2 Å². The highest BCUT2D eigenvalue weighted by Gasteiger charge is 2.38. The first kappa shape index (κ1) is 14.0. The highest BCUT2D eigenvalue weighted by Crippen LogP contribution is 2.37. The van der Waals surface area contributed by atoms with Crippen molar-refractivity contribution in [2.45, 2.75) is 39.0 Å². The third-order valence-corrected chi connectivity index (χ3v) is 5.82. The van der Waals surface area contributed by atoms with Crippen molar-refractivity contribution in [3.8, 4) is 0 Å². The van der Waals surface area contributed by atoms with Crippen molar-refractivity contribution in [1.29, 1.82) is 0 Å². The van der Waals surface area contributed by atoms with E-state index < -0.39 is 0 Å². The second-order valence-corrected chi connectivity index (χ2v) is 7.33. The van der Waals surface area contributed by atoms with Crippen LogP contribution in [0.5, 0.6) is 0 Å². The lowest BCUT2D eigenvalue weighted by Crippen LogP contribution is -2.44. The van der Waals surface area contributed by atoms with Gasteiger partial charge in [-0.05, 0) is 31.2 Å². The summed E-state index contributed by atoms with van der Waals surface area (Å²) in [7, 11) is 0. The molecule has 2 saturated heterocycles. The van der Waals surface area contributed by atoms with Crippen LogP contribution in [0, 0.1) is 5.41 Å². The van der Waals surface area contributed by atoms with Gasteiger partial charge in [-0.3, -0.25) is 4.79 Å². The third kappa shape index (κ3) is 2.61. The summed E-state index contributed by atoms with van der Waals surface area (Å²) in [4.78, 5) is 19.0. The number of thiazole rings is 1. The minimum Gasteiger partial charge on any atom is -0.337 e. The Morgan fingerprint density at radius 2 is 2.15 bits per heavy atom. The van der Waals surface area contributed by atoms with Gasteiger partial charge in [0.1, 0.15) is 5.69 Å². The molecule has 2 fully saturated rings. The Morgan fingerprint density at radius 3 is 2.70 bits per heavy atom. The SMILES string of the molecule is CC(C)c1nc(C(=O)N2CCC3(CCNC3)CC2)cs1. The summed E-state index contributed by atoms with van der Waals surface area (Å²) in [6.45, 7) is 8.26. The maximum atomic E-state index is 12.5. The molecule has 0 saturated carbocycles. The lowest BCUT2D eigenvalue weighted by Gasteiger charge is -2.38. The van der Waals surface area contributed by atoms with E-state index in [1.165, 1.54) is 6.42 Å². The van der Waals surface area contributed by atoms with Crippen molar-refractivity contribution in [3.05, 3.63) is 16.1 Å². The summed E-state index contributed by atoms with van der Waals surface area (Å²) < 4.78 is 0. The molecule has 4 nitrogen and oxygen atoms in total. The van der Waals surface area contributed by atoms with Crippen LogP contribution in [0.2, 0.25) is 0 Å². The van der Waals surface area contributed by atoms with Gasteiger partial charge >= 0.3 is 0 Å². The molecule has 0 atom stereocenters. The normalized spacial score (nSPS) is 21.9. The Balaban J connectivity index is 1.63. The number of hydrogen-bond acceptors (Lipinski definition) is 4. The summed E-state index contributed by atoms with van der Waals surface area (Å²) in [5.74, 6) is 0.518. The van der Waals surface area contributed by atoms with E-state index in [0.717, 1.165) is 44.0 Å². The average molecular weight is 293 g/mol. The van der Waals surface area contributed by atoms with Crippen LogP contribution in [0.4, 0.5) is 0 Å². The molecule has 1 aromatic heterocycles. The van der Waals surface area contributed by atoms with Gasteiger partial charge in [0, 0.05) is 30.9 Å². The van der Waals surface area contributed by atoms with Gasteiger partial charge in [0.25, 0.3) is 5.91 Å². The predicted molar refractivity (Wildman–Crippen MR) is 81.3 cm³/mol. The molecule has 3 heterocycles. The summed E-state index contributed by atoms with van der Waals surface area (Å²) in [5.41, 5.74) is 1.10. The molecule has 0 aliphatic carbocycles. The van der Waals surface area contributed by atoms with Crippen molar-refractivity contribution in [1.82, 2.24) is 15.2 Å². The number of carbonyl (C=O) groups is 1. The molecular formula is C15H23N3OS. The molecular weight excluding hydrogens is 270 g/mol. The maximum Gasteiger partial charge on any atom is 0.273 e.